The molecule has 1 heterocycles. The van der Waals surface area contributed by atoms with E-state index in [1.165, 1.54) is 21.6 Å². The van der Waals surface area contributed by atoms with E-state index in [9.17, 15) is 0 Å². The van der Waals surface area contributed by atoms with Gasteiger partial charge in [0.25, 0.3) is 0 Å². The van der Waals surface area contributed by atoms with Gasteiger partial charge >= 0.3 is 0 Å². The van der Waals surface area contributed by atoms with Crippen molar-refractivity contribution in [3.63, 3.8) is 0 Å². The Hall–Kier alpha value is -1.39. The van der Waals surface area contributed by atoms with Crippen LogP contribution in [0.4, 0.5) is 0 Å². The molecule has 0 spiro atoms. The Kier molecular flexibility index (Phi) is 4.78. The third-order valence-corrected chi connectivity index (χ3v) is 4.36. The van der Waals surface area contributed by atoms with E-state index in [2.05, 4.69) is 43.2 Å². The van der Waals surface area contributed by atoms with Gasteiger partial charge < -0.3 is 10.1 Å². The normalized spacial score (nSPS) is 10.8. The van der Waals surface area contributed by atoms with Crippen molar-refractivity contribution in [3.05, 3.63) is 44.4 Å². The summed E-state index contributed by atoms with van der Waals surface area (Å²) in [7, 11) is 1.96. The highest BCUT2D eigenvalue weighted by atomic mass is 32.1. The third kappa shape index (κ3) is 3.38. The quantitative estimate of drug-likeness (QED) is 0.912. The van der Waals surface area contributed by atoms with Crippen LogP contribution in [0.3, 0.4) is 0 Å². The van der Waals surface area contributed by atoms with Crippen molar-refractivity contribution in [3.8, 4) is 5.75 Å². The molecule has 0 saturated heterocycles. The van der Waals surface area contributed by atoms with E-state index in [0.29, 0.717) is 6.61 Å². The van der Waals surface area contributed by atoms with Crippen LogP contribution in [-0.2, 0) is 13.2 Å². The van der Waals surface area contributed by atoms with Crippen LogP contribution >= 0.6 is 11.3 Å². The first-order valence-corrected chi connectivity index (χ1v) is 7.63. The lowest BCUT2D eigenvalue weighted by molar-refractivity contribution is 0.301. The fourth-order valence-electron chi connectivity index (χ4n) is 2.31. The minimum Gasteiger partial charge on any atom is -0.486 e. The number of hydrogen-bond donors (Lipinski definition) is 1. The number of thiazole rings is 1. The first kappa shape index (κ1) is 15.0. The maximum atomic E-state index is 5.98. The van der Waals surface area contributed by atoms with Crippen LogP contribution in [0.15, 0.2) is 12.1 Å². The van der Waals surface area contributed by atoms with E-state index >= 15 is 0 Å². The first-order chi connectivity index (χ1) is 9.51. The smallest absolute Gasteiger partial charge is 0.140 e. The maximum absolute atomic E-state index is 5.98. The fourth-order valence-corrected chi connectivity index (χ4v) is 3.16. The van der Waals surface area contributed by atoms with Crippen molar-refractivity contribution in [1.82, 2.24) is 10.3 Å². The standard InChI is InChI=1S/C16H22N2OS/c1-10-6-14(8-17-5)7-11(2)16(10)19-9-15-18-12(3)13(4)20-15/h6-7,17H,8-9H2,1-5H3. The summed E-state index contributed by atoms with van der Waals surface area (Å²) in [6.45, 7) is 9.76. The SMILES string of the molecule is CNCc1cc(C)c(OCc2nc(C)c(C)s2)c(C)c1. The topological polar surface area (TPSA) is 34.1 Å². The molecule has 1 aromatic heterocycles. The van der Waals surface area contributed by atoms with Gasteiger partial charge in [0, 0.05) is 11.4 Å². The summed E-state index contributed by atoms with van der Waals surface area (Å²) in [5, 5.41) is 4.22. The molecule has 4 heteroatoms. The van der Waals surface area contributed by atoms with Crippen LogP contribution in [0.5, 0.6) is 5.75 Å². The maximum Gasteiger partial charge on any atom is 0.140 e. The lowest BCUT2D eigenvalue weighted by Gasteiger charge is -2.13. The van der Waals surface area contributed by atoms with Crippen molar-refractivity contribution in [2.75, 3.05) is 7.05 Å². The van der Waals surface area contributed by atoms with Gasteiger partial charge in [0.2, 0.25) is 0 Å². The number of nitrogens with zero attached hydrogens (tertiary/aromatic N) is 1. The van der Waals surface area contributed by atoms with Crippen molar-refractivity contribution < 1.29 is 4.74 Å². The molecule has 0 bridgehead atoms. The molecule has 0 atom stereocenters. The summed E-state index contributed by atoms with van der Waals surface area (Å²) in [5.74, 6) is 0.982. The molecule has 3 nitrogen and oxygen atoms in total. The highest BCUT2D eigenvalue weighted by Crippen LogP contribution is 2.26. The predicted molar refractivity (Wildman–Crippen MR) is 84.6 cm³/mol. The van der Waals surface area contributed by atoms with Crippen molar-refractivity contribution in [1.29, 1.82) is 0 Å². The van der Waals surface area contributed by atoms with Gasteiger partial charge in [-0.1, -0.05) is 12.1 Å². The van der Waals surface area contributed by atoms with Gasteiger partial charge in [-0.15, -0.1) is 11.3 Å². The van der Waals surface area contributed by atoms with Gasteiger partial charge in [-0.05, 0) is 51.4 Å². The number of aromatic nitrogens is 1. The molecule has 2 aromatic rings. The summed E-state index contributed by atoms with van der Waals surface area (Å²) in [6, 6.07) is 4.36. The number of nitrogens with one attached hydrogen (secondary N) is 1. The Labute approximate surface area is 125 Å². The molecule has 0 aliphatic rings. The molecule has 1 N–H and O–H groups in total. The summed E-state index contributed by atoms with van der Waals surface area (Å²) in [4.78, 5) is 5.78. The molecule has 0 amide bonds. The van der Waals surface area contributed by atoms with Gasteiger partial charge in [-0.3, -0.25) is 0 Å². The number of benzene rings is 1. The van der Waals surface area contributed by atoms with Gasteiger partial charge in [0.15, 0.2) is 0 Å². The molecule has 0 aliphatic heterocycles. The molecular weight excluding hydrogens is 268 g/mol. The summed E-state index contributed by atoms with van der Waals surface area (Å²) < 4.78 is 5.98. The lowest BCUT2D eigenvalue weighted by Crippen LogP contribution is -2.06. The number of aryl methyl sites for hydroxylation is 4. The molecule has 0 saturated carbocycles. The van der Waals surface area contributed by atoms with E-state index in [1.54, 1.807) is 11.3 Å². The number of hydrogen-bond acceptors (Lipinski definition) is 4. The van der Waals surface area contributed by atoms with Crippen LogP contribution < -0.4 is 10.1 Å². The van der Waals surface area contributed by atoms with Crippen LogP contribution in [-0.4, -0.2) is 12.0 Å². The van der Waals surface area contributed by atoms with E-state index in [4.69, 9.17) is 4.74 Å². The summed E-state index contributed by atoms with van der Waals surface area (Å²) >= 11 is 1.71. The Morgan fingerprint density at radius 3 is 2.30 bits per heavy atom. The average Bonchev–Trinajstić information content (AvgIpc) is 2.68. The molecule has 0 radical (unpaired) electrons. The van der Waals surface area contributed by atoms with Crippen LogP contribution in [0, 0.1) is 27.7 Å². The van der Waals surface area contributed by atoms with Crippen LogP contribution in [0.2, 0.25) is 0 Å². The third-order valence-electron chi connectivity index (χ3n) is 3.31. The average molecular weight is 290 g/mol. The van der Waals surface area contributed by atoms with E-state index in [1.807, 2.05) is 14.0 Å². The molecule has 108 valence electrons. The first-order valence-electron chi connectivity index (χ1n) is 6.81. The fraction of sp³-hybridized carbons (Fsp3) is 0.438. The Bertz CT molecular complexity index is 562. The van der Waals surface area contributed by atoms with Gasteiger partial charge in [0.1, 0.15) is 17.4 Å². The molecule has 1 aromatic carbocycles. The Morgan fingerprint density at radius 1 is 1.15 bits per heavy atom. The second kappa shape index (κ2) is 6.37. The minimum atomic E-state index is 0.548. The zero-order valence-corrected chi connectivity index (χ0v) is 13.6. The van der Waals surface area contributed by atoms with Crippen molar-refractivity contribution in [2.24, 2.45) is 0 Å². The van der Waals surface area contributed by atoms with Crippen LogP contribution in [0.25, 0.3) is 0 Å². The molecule has 2 rings (SSSR count). The second-order valence-corrected chi connectivity index (χ2v) is 6.41. The highest BCUT2D eigenvalue weighted by molar-refractivity contribution is 7.11. The summed E-state index contributed by atoms with van der Waals surface area (Å²) in [5.41, 5.74) is 4.75. The Morgan fingerprint density at radius 2 is 1.80 bits per heavy atom. The lowest BCUT2D eigenvalue weighted by atomic mass is 10.1. The van der Waals surface area contributed by atoms with E-state index < -0.39 is 0 Å². The second-order valence-electron chi connectivity index (χ2n) is 5.13. The Balaban J connectivity index is 2.13. The predicted octanol–water partition coefficient (Wildman–Crippen LogP) is 3.68. The number of ether oxygens (including phenoxy) is 1. The number of rotatable bonds is 5. The van der Waals surface area contributed by atoms with E-state index in [-0.39, 0.29) is 0 Å². The highest BCUT2D eigenvalue weighted by Gasteiger charge is 2.09. The molecule has 0 aliphatic carbocycles. The van der Waals surface area contributed by atoms with Gasteiger partial charge in [0.05, 0.1) is 5.69 Å². The zero-order chi connectivity index (χ0) is 14.7. The zero-order valence-electron chi connectivity index (χ0n) is 12.8. The molecule has 0 fully saturated rings. The largest absolute Gasteiger partial charge is 0.486 e. The minimum absolute atomic E-state index is 0.548. The van der Waals surface area contributed by atoms with E-state index in [0.717, 1.165) is 23.0 Å². The monoisotopic (exact) mass is 290 g/mol. The molecule has 20 heavy (non-hydrogen) atoms. The molecule has 0 unspecified atom stereocenters. The van der Waals surface area contributed by atoms with Crippen molar-refractivity contribution in [2.45, 2.75) is 40.8 Å². The van der Waals surface area contributed by atoms with Crippen molar-refractivity contribution >= 4 is 11.3 Å². The molecular formula is C16H22N2OS. The van der Waals surface area contributed by atoms with Gasteiger partial charge in [-0.2, -0.15) is 0 Å². The summed E-state index contributed by atoms with van der Waals surface area (Å²) in [6.07, 6.45) is 0. The van der Waals surface area contributed by atoms with Gasteiger partial charge in [-0.25, -0.2) is 4.98 Å². The van der Waals surface area contributed by atoms with Crippen LogP contribution in [0.1, 0.15) is 32.3 Å².